The van der Waals surface area contributed by atoms with Crippen molar-refractivity contribution in [2.75, 3.05) is 47.6 Å². The van der Waals surface area contributed by atoms with Gasteiger partial charge in [0, 0.05) is 30.0 Å². The molecule has 0 spiro atoms. The van der Waals surface area contributed by atoms with Crippen molar-refractivity contribution in [3.05, 3.63) is 48.0 Å². The first-order valence-electron chi connectivity index (χ1n) is 10.9. The van der Waals surface area contributed by atoms with E-state index in [4.69, 9.17) is 15.2 Å². The Morgan fingerprint density at radius 1 is 1.15 bits per heavy atom. The number of ether oxygens (including phenoxy) is 2. The minimum Gasteiger partial charge on any atom is -0.476 e. The SMILES string of the molecule is CC1(C)Oc2ccc(C(=O)n3nc(Nc4ccc(N5CCOCC5)cc4)nc3N)cc2NC1=O. The summed E-state index contributed by atoms with van der Waals surface area (Å²) in [5, 5.41) is 10.1. The van der Waals surface area contributed by atoms with Crippen molar-refractivity contribution >= 4 is 40.8 Å². The van der Waals surface area contributed by atoms with Crippen LogP contribution in [0.15, 0.2) is 42.5 Å². The Bertz CT molecular complexity index is 1250. The number of anilines is 5. The zero-order chi connectivity index (χ0) is 23.9. The van der Waals surface area contributed by atoms with Crippen molar-refractivity contribution < 1.29 is 19.1 Å². The molecule has 0 atom stereocenters. The van der Waals surface area contributed by atoms with Crippen molar-refractivity contribution in [3.63, 3.8) is 0 Å². The highest BCUT2D eigenvalue weighted by Crippen LogP contribution is 2.34. The summed E-state index contributed by atoms with van der Waals surface area (Å²) in [4.78, 5) is 31.6. The normalized spacial score (nSPS) is 16.9. The highest BCUT2D eigenvalue weighted by Gasteiger charge is 2.35. The molecule has 3 heterocycles. The first-order chi connectivity index (χ1) is 16.3. The van der Waals surface area contributed by atoms with Crippen molar-refractivity contribution in [2.24, 2.45) is 0 Å². The zero-order valence-corrected chi connectivity index (χ0v) is 18.9. The second-order valence-corrected chi connectivity index (χ2v) is 8.56. The monoisotopic (exact) mass is 463 g/mol. The van der Waals surface area contributed by atoms with Crippen molar-refractivity contribution in [3.8, 4) is 5.75 Å². The Hall–Kier alpha value is -4.12. The molecule has 4 N–H and O–H groups in total. The molecule has 34 heavy (non-hydrogen) atoms. The van der Waals surface area contributed by atoms with E-state index in [0.717, 1.165) is 42.4 Å². The third-order valence-electron chi connectivity index (χ3n) is 5.71. The molecule has 0 unspecified atom stereocenters. The zero-order valence-electron chi connectivity index (χ0n) is 18.9. The van der Waals surface area contributed by atoms with Crippen LogP contribution in [0.3, 0.4) is 0 Å². The van der Waals surface area contributed by atoms with Gasteiger partial charge in [0.2, 0.25) is 11.9 Å². The fraction of sp³-hybridized carbons (Fsp3) is 0.304. The van der Waals surface area contributed by atoms with E-state index in [1.807, 2.05) is 24.3 Å². The van der Waals surface area contributed by atoms with Gasteiger partial charge in [0.1, 0.15) is 5.75 Å². The minimum absolute atomic E-state index is 0.0587. The Morgan fingerprint density at radius 3 is 2.62 bits per heavy atom. The molecule has 1 amide bonds. The number of nitrogen functional groups attached to an aromatic ring is 1. The largest absolute Gasteiger partial charge is 0.476 e. The quantitative estimate of drug-likeness (QED) is 0.532. The molecule has 1 aromatic heterocycles. The van der Waals surface area contributed by atoms with Gasteiger partial charge < -0.3 is 30.7 Å². The molecule has 2 aliphatic heterocycles. The lowest BCUT2D eigenvalue weighted by Crippen LogP contribution is -2.45. The lowest BCUT2D eigenvalue weighted by molar-refractivity contribution is -0.129. The van der Waals surface area contributed by atoms with E-state index in [9.17, 15) is 9.59 Å². The molecule has 2 aromatic carbocycles. The predicted molar refractivity (Wildman–Crippen MR) is 127 cm³/mol. The molecule has 1 fully saturated rings. The summed E-state index contributed by atoms with van der Waals surface area (Å²) in [5.41, 5.74) is 7.53. The summed E-state index contributed by atoms with van der Waals surface area (Å²) in [6.45, 7) is 6.49. The van der Waals surface area contributed by atoms with E-state index in [1.165, 1.54) is 6.07 Å². The van der Waals surface area contributed by atoms with Crippen LogP contribution < -0.4 is 26.0 Å². The van der Waals surface area contributed by atoms with Crippen LogP contribution in [0.5, 0.6) is 5.75 Å². The van der Waals surface area contributed by atoms with Crippen LogP contribution in [-0.4, -0.2) is 58.5 Å². The fourth-order valence-corrected chi connectivity index (χ4v) is 3.80. The van der Waals surface area contributed by atoms with Gasteiger partial charge in [-0.3, -0.25) is 9.59 Å². The van der Waals surface area contributed by atoms with Crippen LogP contribution in [0, 0.1) is 0 Å². The molecule has 5 rings (SSSR count). The number of nitrogens with one attached hydrogen (secondary N) is 2. The first-order valence-corrected chi connectivity index (χ1v) is 10.9. The lowest BCUT2D eigenvalue weighted by atomic mass is 10.0. The second-order valence-electron chi connectivity index (χ2n) is 8.56. The van der Waals surface area contributed by atoms with Crippen LogP contribution >= 0.6 is 0 Å². The maximum absolute atomic E-state index is 13.0. The second kappa shape index (κ2) is 8.34. The number of fused-ring (bicyclic) bond motifs is 1. The van der Waals surface area contributed by atoms with Gasteiger partial charge in [0.05, 0.1) is 18.9 Å². The molecule has 11 heteroatoms. The number of hydrogen-bond acceptors (Lipinski definition) is 9. The fourth-order valence-electron chi connectivity index (χ4n) is 3.80. The van der Waals surface area contributed by atoms with Crippen molar-refractivity contribution in [2.45, 2.75) is 19.4 Å². The van der Waals surface area contributed by atoms with E-state index in [2.05, 4.69) is 25.6 Å². The van der Waals surface area contributed by atoms with E-state index in [-0.39, 0.29) is 23.4 Å². The van der Waals surface area contributed by atoms with Gasteiger partial charge >= 0.3 is 0 Å². The average molecular weight is 463 g/mol. The molecule has 2 aliphatic rings. The number of amides is 1. The molecule has 0 saturated carbocycles. The third-order valence-corrected chi connectivity index (χ3v) is 5.71. The maximum atomic E-state index is 13.0. The number of rotatable bonds is 4. The molecular weight excluding hydrogens is 438 g/mol. The third kappa shape index (κ3) is 4.13. The summed E-state index contributed by atoms with van der Waals surface area (Å²) in [6, 6.07) is 12.6. The number of morpholine rings is 1. The number of aromatic nitrogens is 3. The Kier molecular flexibility index (Phi) is 5.33. The number of carbonyl (C=O) groups excluding carboxylic acids is 2. The summed E-state index contributed by atoms with van der Waals surface area (Å²) in [5.74, 6) is -0.160. The van der Waals surface area contributed by atoms with Gasteiger partial charge in [-0.2, -0.15) is 9.67 Å². The van der Waals surface area contributed by atoms with Gasteiger partial charge in [-0.15, -0.1) is 5.10 Å². The van der Waals surface area contributed by atoms with Gasteiger partial charge in [0.25, 0.3) is 11.8 Å². The number of nitrogens with two attached hydrogens (primary N) is 1. The van der Waals surface area contributed by atoms with Gasteiger partial charge in [0.15, 0.2) is 5.60 Å². The Labute approximate surface area is 195 Å². The highest BCUT2D eigenvalue weighted by atomic mass is 16.5. The molecule has 176 valence electrons. The number of hydrogen-bond donors (Lipinski definition) is 3. The van der Waals surface area contributed by atoms with Crippen LogP contribution in [-0.2, 0) is 9.53 Å². The highest BCUT2D eigenvalue weighted by molar-refractivity contribution is 6.03. The number of nitrogens with zero attached hydrogens (tertiary/aromatic N) is 4. The smallest absolute Gasteiger partial charge is 0.281 e. The van der Waals surface area contributed by atoms with Crippen LogP contribution in [0.1, 0.15) is 24.2 Å². The molecule has 3 aromatic rings. The lowest BCUT2D eigenvalue weighted by Gasteiger charge is -2.31. The van der Waals surface area contributed by atoms with Crippen molar-refractivity contribution in [1.29, 1.82) is 0 Å². The van der Waals surface area contributed by atoms with Gasteiger partial charge in [-0.05, 0) is 56.3 Å². The molecule has 1 saturated heterocycles. The summed E-state index contributed by atoms with van der Waals surface area (Å²) < 4.78 is 12.1. The summed E-state index contributed by atoms with van der Waals surface area (Å²) >= 11 is 0. The molecular formula is C23H25N7O4. The van der Waals surface area contributed by atoms with E-state index >= 15 is 0 Å². The van der Waals surface area contributed by atoms with E-state index in [0.29, 0.717) is 11.4 Å². The first kappa shape index (κ1) is 21.7. The Morgan fingerprint density at radius 2 is 1.88 bits per heavy atom. The molecule has 0 bridgehead atoms. The minimum atomic E-state index is -0.990. The molecule has 11 nitrogen and oxygen atoms in total. The predicted octanol–water partition coefficient (Wildman–Crippen LogP) is 2.24. The number of benzene rings is 2. The average Bonchev–Trinajstić information content (AvgIpc) is 3.19. The van der Waals surface area contributed by atoms with E-state index in [1.54, 1.807) is 26.0 Å². The topological polar surface area (TPSA) is 137 Å². The van der Waals surface area contributed by atoms with Crippen LogP contribution in [0.4, 0.5) is 29.0 Å². The maximum Gasteiger partial charge on any atom is 0.281 e. The summed E-state index contributed by atoms with van der Waals surface area (Å²) in [7, 11) is 0. The van der Waals surface area contributed by atoms with Gasteiger partial charge in [-0.25, -0.2) is 0 Å². The van der Waals surface area contributed by atoms with E-state index < -0.39 is 11.5 Å². The van der Waals surface area contributed by atoms with Crippen LogP contribution in [0.2, 0.25) is 0 Å². The van der Waals surface area contributed by atoms with Crippen LogP contribution in [0.25, 0.3) is 0 Å². The molecule has 0 aliphatic carbocycles. The standard InChI is InChI=1S/C23H25N7O4/c1-23(2)20(32)26-17-13-14(3-8-18(17)34-23)19(31)30-21(24)27-22(28-30)25-15-4-6-16(7-5-15)29-9-11-33-12-10-29/h3-8,13H,9-12H2,1-2H3,(H,26,32)(H3,24,25,27,28). The van der Waals surface area contributed by atoms with Gasteiger partial charge in [-0.1, -0.05) is 0 Å². The number of carbonyl (C=O) groups is 2. The Balaban J connectivity index is 1.31. The molecule has 0 radical (unpaired) electrons. The summed E-state index contributed by atoms with van der Waals surface area (Å²) in [6.07, 6.45) is 0. The van der Waals surface area contributed by atoms with Crippen molar-refractivity contribution in [1.82, 2.24) is 14.8 Å².